The van der Waals surface area contributed by atoms with Crippen LogP contribution in [0.4, 0.5) is 11.4 Å². The molecule has 3 amide bonds. The van der Waals surface area contributed by atoms with Gasteiger partial charge in [-0.15, -0.1) is 11.8 Å². The summed E-state index contributed by atoms with van der Waals surface area (Å²) in [5, 5.41) is 9.19. The highest BCUT2D eigenvalue weighted by Gasteiger charge is 2.18. The fraction of sp³-hybridized carbons (Fsp3) is 0.0645. The molecule has 6 nitrogen and oxygen atoms in total. The van der Waals surface area contributed by atoms with Crippen molar-refractivity contribution in [1.82, 2.24) is 5.32 Å². The van der Waals surface area contributed by atoms with E-state index in [1.54, 1.807) is 97.9 Å². The summed E-state index contributed by atoms with van der Waals surface area (Å²) in [5.41, 5.74) is 1.72. The van der Waals surface area contributed by atoms with E-state index in [-0.39, 0.29) is 16.6 Å². The average molecular weight is 659 g/mol. The van der Waals surface area contributed by atoms with Crippen LogP contribution in [0, 0.1) is 0 Å². The van der Waals surface area contributed by atoms with Gasteiger partial charge in [0.2, 0.25) is 5.91 Å². The highest BCUT2D eigenvalue weighted by atomic mass is 35.5. The first-order chi connectivity index (χ1) is 20.1. The van der Waals surface area contributed by atoms with E-state index >= 15 is 0 Å². The Labute approximate surface area is 267 Å². The molecule has 42 heavy (non-hydrogen) atoms. The Balaban J connectivity index is 1.46. The van der Waals surface area contributed by atoms with E-state index in [1.807, 2.05) is 0 Å². The predicted octanol–water partition coefficient (Wildman–Crippen LogP) is 8.83. The first-order valence-corrected chi connectivity index (χ1v) is 14.9. The van der Waals surface area contributed by atoms with Crippen LogP contribution in [0.25, 0.3) is 6.08 Å². The van der Waals surface area contributed by atoms with Crippen molar-refractivity contribution in [2.45, 2.75) is 17.1 Å². The smallest absolute Gasteiger partial charge is 0.272 e. The fourth-order valence-electron chi connectivity index (χ4n) is 3.63. The molecule has 11 heteroatoms. The van der Waals surface area contributed by atoms with Crippen LogP contribution in [0.1, 0.15) is 22.8 Å². The standard InChI is InChI=1S/C31H23Cl4N3O3S/c1-18(29(39)37-26-17-21(32)10-15-24(26)33)42-23-13-11-22(12-14-23)36-31(41)27(16-20-8-5-9-25(34)28(20)35)38-30(40)19-6-3-2-4-7-19/h2-18H,1H3,(H,36,41)(H,37,39)(H,38,40)/b27-16-. The second kappa shape index (κ2) is 14.6. The number of anilines is 2. The number of hydrogen-bond donors (Lipinski definition) is 3. The largest absolute Gasteiger partial charge is 0.324 e. The highest BCUT2D eigenvalue weighted by Crippen LogP contribution is 2.30. The van der Waals surface area contributed by atoms with Gasteiger partial charge in [0.15, 0.2) is 0 Å². The quantitative estimate of drug-likeness (QED) is 0.124. The van der Waals surface area contributed by atoms with Gasteiger partial charge in [-0.2, -0.15) is 0 Å². The molecular weight excluding hydrogens is 636 g/mol. The van der Waals surface area contributed by atoms with Gasteiger partial charge < -0.3 is 16.0 Å². The molecule has 214 valence electrons. The van der Waals surface area contributed by atoms with Crippen LogP contribution in [0.5, 0.6) is 0 Å². The summed E-state index contributed by atoms with van der Waals surface area (Å²) in [7, 11) is 0. The van der Waals surface area contributed by atoms with Crippen molar-refractivity contribution >= 4 is 93.3 Å². The van der Waals surface area contributed by atoms with Gasteiger partial charge in [0.25, 0.3) is 11.8 Å². The number of hydrogen-bond acceptors (Lipinski definition) is 4. The zero-order valence-electron chi connectivity index (χ0n) is 22.0. The van der Waals surface area contributed by atoms with Gasteiger partial charge in [-0.1, -0.05) is 76.7 Å². The molecule has 1 atom stereocenters. The van der Waals surface area contributed by atoms with Crippen molar-refractivity contribution < 1.29 is 14.4 Å². The number of halogens is 4. The summed E-state index contributed by atoms with van der Waals surface area (Å²) >= 11 is 26.0. The number of thioether (sulfide) groups is 1. The molecular formula is C31H23Cl4N3O3S. The monoisotopic (exact) mass is 657 g/mol. The summed E-state index contributed by atoms with van der Waals surface area (Å²) in [5.74, 6) is -1.28. The number of carbonyl (C=O) groups excluding carboxylic acids is 3. The van der Waals surface area contributed by atoms with Crippen LogP contribution >= 0.6 is 58.2 Å². The molecule has 3 N–H and O–H groups in total. The molecule has 4 aromatic carbocycles. The minimum Gasteiger partial charge on any atom is -0.324 e. The van der Waals surface area contributed by atoms with E-state index < -0.39 is 17.1 Å². The molecule has 0 spiro atoms. The van der Waals surface area contributed by atoms with E-state index in [1.165, 1.54) is 17.8 Å². The second-order valence-corrected chi connectivity index (χ2v) is 11.9. The zero-order valence-corrected chi connectivity index (χ0v) is 25.8. The lowest BCUT2D eigenvalue weighted by Crippen LogP contribution is -2.30. The number of rotatable bonds is 9. The van der Waals surface area contributed by atoms with Crippen molar-refractivity contribution in [3.05, 3.63) is 128 Å². The van der Waals surface area contributed by atoms with E-state index in [9.17, 15) is 14.4 Å². The van der Waals surface area contributed by atoms with Gasteiger partial charge in [-0.05, 0) is 79.2 Å². The zero-order chi connectivity index (χ0) is 30.2. The molecule has 0 fully saturated rings. The van der Waals surface area contributed by atoms with E-state index in [0.717, 1.165) is 4.90 Å². The summed E-state index contributed by atoms with van der Waals surface area (Å²) in [4.78, 5) is 39.7. The lowest BCUT2D eigenvalue weighted by Gasteiger charge is -2.14. The Morgan fingerprint density at radius 1 is 0.786 bits per heavy atom. The Kier molecular flexibility index (Phi) is 11.0. The summed E-state index contributed by atoms with van der Waals surface area (Å²) in [6, 6.07) is 25.3. The number of nitrogens with one attached hydrogen (secondary N) is 3. The molecule has 0 aliphatic heterocycles. The average Bonchev–Trinajstić information content (AvgIpc) is 2.98. The summed E-state index contributed by atoms with van der Waals surface area (Å²) < 4.78 is 0. The molecule has 0 aliphatic rings. The molecule has 0 aromatic heterocycles. The van der Waals surface area contributed by atoms with Crippen LogP contribution in [0.15, 0.2) is 102 Å². The number of benzene rings is 4. The summed E-state index contributed by atoms with van der Waals surface area (Å²) in [6.45, 7) is 1.77. The van der Waals surface area contributed by atoms with Crippen molar-refractivity contribution in [1.29, 1.82) is 0 Å². The van der Waals surface area contributed by atoms with E-state index in [0.29, 0.717) is 37.6 Å². The maximum absolute atomic E-state index is 13.3. The number of amides is 3. The Hall–Kier alpha value is -3.46. The number of carbonyl (C=O) groups is 3. The molecule has 0 saturated heterocycles. The molecule has 1 unspecified atom stereocenters. The molecule has 0 heterocycles. The lowest BCUT2D eigenvalue weighted by molar-refractivity contribution is -0.115. The third-order valence-corrected chi connectivity index (χ3v) is 8.30. The van der Waals surface area contributed by atoms with Gasteiger partial charge in [0.05, 0.1) is 26.0 Å². The normalized spacial score (nSPS) is 11.9. The van der Waals surface area contributed by atoms with Crippen LogP contribution < -0.4 is 16.0 Å². The van der Waals surface area contributed by atoms with Gasteiger partial charge in [0, 0.05) is 21.2 Å². The minimum atomic E-state index is -0.568. The second-order valence-electron chi connectivity index (χ2n) is 8.87. The van der Waals surface area contributed by atoms with Crippen molar-refractivity contribution in [2.75, 3.05) is 10.6 Å². The Morgan fingerprint density at radius 2 is 1.50 bits per heavy atom. The first-order valence-electron chi connectivity index (χ1n) is 12.5. The molecule has 0 saturated carbocycles. The lowest BCUT2D eigenvalue weighted by atomic mass is 10.1. The predicted molar refractivity (Wildman–Crippen MR) is 174 cm³/mol. The first kappa shape index (κ1) is 31.5. The van der Waals surface area contributed by atoms with Crippen molar-refractivity contribution in [3.63, 3.8) is 0 Å². The molecule has 0 bridgehead atoms. The van der Waals surface area contributed by atoms with E-state index in [2.05, 4.69) is 16.0 Å². The van der Waals surface area contributed by atoms with Crippen LogP contribution in [-0.2, 0) is 9.59 Å². The van der Waals surface area contributed by atoms with Crippen molar-refractivity contribution in [2.24, 2.45) is 0 Å². The van der Waals surface area contributed by atoms with E-state index in [4.69, 9.17) is 46.4 Å². The van der Waals surface area contributed by atoms with Crippen LogP contribution in [-0.4, -0.2) is 23.0 Å². The minimum absolute atomic E-state index is 0.0311. The SMILES string of the molecule is CC(Sc1ccc(NC(=O)/C(=C/c2cccc(Cl)c2Cl)NC(=O)c2ccccc2)cc1)C(=O)Nc1cc(Cl)ccc1Cl. The Morgan fingerprint density at radius 3 is 2.21 bits per heavy atom. The maximum atomic E-state index is 13.3. The summed E-state index contributed by atoms with van der Waals surface area (Å²) in [6.07, 6.45) is 1.46. The third kappa shape index (κ3) is 8.53. The molecule has 4 aromatic rings. The maximum Gasteiger partial charge on any atom is 0.272 e. The topological polar surface area (TPSA) is 87.3 Å². The van der Waals surface area contributed by atoms with Crippen molar-refractivity contribution in [3.8, 4) is 0 Å². The molecule has 0 aliphatic carbocycles. The van der Waals surface area contributed by atoms with Gasteiger partial charge in [-0.25, -0.2) is 0 Å². The van der Waals surface area contributed by atoms with Crippen LogP contribution in [0.3, 0.4) is 0 Å². The van der Waals surface area contributed by atoms with Gasteiger partial charge in [0.1, 0.15) is 5.70 Å². The van der Waals surface area contributed by atoms with Gasteiger partial charge in [-0.3, -0.25) is 14.4 Å². The highest BCUT2D eigenvalue weighted by molar-refractivity contribution is 8.00. The Bertz CT molecular complexity index is 1650. The molecule has 4 rings (SSSR count). The van der Waals surface area contributed by atoms with Gasteiger partial charge >= 0.3 is 0 Å². The van der Waals surface area contributed by atoms with Crippen LogP contribution in [0.2, 0.25) is 20.1 Å². The third-order valence-electron chi connectivity index (χ3n) is 5.79. The molecule has 0 radical (unpaired) electrons. The fourth-order valence-corrected chi connectivity index (χ4v) is 5.20.